The molecular weight excluding hydrogens is 203 g/mol. The van der Waals surface area contributed by atoms with Crippen LogP contribution in [0.2, 0.25) is 5.02 Å². The summed E-state index contributed by atoms with van der Waals surface area (Å²) in [5, 5.41) is 9.30. The van der Waals surface area contributed by atoms with Crippen molar-refractivity contribution in [1.82, 2.24) is 0 Å². The summed E-state index contributed by atoms with van der Waals surface area (Å²) in [6.07, 6.45) is 0. The second-order valence-electron chi connectivity index (χ2n) is 1.57. The van der Waals surface area contributed by atoms with Crippen molar-refractivity contribution in [3.05, 3.63) is 27.7 Å². The molecule has 0 aliphatic carbocycles. The van der Waals surface area contributed by atoms with E-state index in [2.05, 4.69) is 15.9 Å². The Morgan fingerprint density at radius 2 is 2.11 bits per heavy atom. The molecule has 1 rings (SSSR count). The Morgan fingerprint density at radius 1 is 1.44 bits per heavy atom. The van der Waals surface area contributed by atoms with Crippen LogP contribution >= 0.6 is 27.5 Å². The standard InChI is InChI=1S/C6H4BrClO/c7-4-2-1-3-5(9)6(4)8/h1-3,9H. The van der Waals surface area contributed by atoms with Crippen LogP contribution in [-0.2, 0) is 0 Å². The zero-order valence-electron chi connectivity index (χ0n) is 4.44. The predicted molar refractivity (Wildman–Crippen MR) is 40.8 cm³/mol. The van der Waals surface area contributed by atoms with Crippen molar-refractivity contribution in [2.45, 2.75) is 0 Å². The van der Waals surface area contributed by atoms with E-state index >= 15 is 0 Å². The minimum Gasteiger partial charge on any atom is -0.506 e. The van der Waals surface area contributed by atoms with Crippen LogP contribution in [0.3, 0.4) is 0 Å². The number of hydrogen-bond donors (Lipinski definition) is 1. The van der Waals surface area contributed by atoms with Crippen LogP contribution in [0.4, 0.5) is 0 Å². The van der Waals surface area contributed by atoms with E-state index in [4.69, 9.17) is 16.7 Å². The third kappa shape index (κ3) is 1.37. The minimum absolute atomic E-state index is 0.103. The summed E-state index contributed by atoms with van der Waals surface area (Å²) < 4.78 is 0.712. The highest BCUT2D eigenvalue weighted by molar-refractivity contribution is 9.10. The number of aromatic hydroxyl groups is 1. The molecule has 1 N–H and O–H groups in total. The molecule has 0 atom stereocenters. The van der Waals surface area contributed by atoms with Gasteiger partial charge in [-0.15, -0.1) is 0 Å². The Morgan fingerprint density at radius 3 is 2.56 bits per heavy atom. The zero-order chi connectivity index (χ0) is 6.85. The van der Waals surface area contributed by atoms with Crippen LogP contribution in [0.25, 0.3) is 0 Å². The predicted octanol–water partition coefficient (Wildman–Crippen LogP) is 2.81. The van der Waals surface area contributed by atoms with Crippen LogP contribution in [-0.4, -0.2) is 5.11 Å². The Labute approximate surface area is 66.4 Å². The molecule has 0 bridgehead atoms. The van der Waals surface area contributed by atoms with Gasteiger partial charge in [-0.05, 0) is 28.1 Å². The fourth-order valence-electron chi connectivity index (χ4n) is 0.492. The van der Waals surface area contributed by atoms with E-state index in [0.717, 1.165) is 0 Å². The van der Waals surface area contributed by atoms with Gasteiger partial charge in [-0.2, -0.15) is 0 Å². The van der Waals surface area contributed by atoms with Crippen molar-refractivity contribution in [3.8, 4) is 5.75 Å². The van der Waals surface area contributed by atoms with Crippen molar-refractivity contribution < 1.29 is 5.11 Å². The van der Waals surface area contributed by atoms with Gasteiger partial charge < -0.3 is 5.11 Å². The highest BCUT2D eigenvalue weighted by Gasteiger charge is 1.98. The lowest BCUT2D eigenvalue weighted by atomic mass is 10.3. The van der Waals surface area contributed by atoms with Gasteiger partial charge in [0.25, 0.3) is 0 Å². The van der Waals surface area contributed by atoms with Crippen LogP contribution < -0.4 is 0 Å². The van der Waals surface area contributed by atoms with Gasteiger partial charge in [0.05, 0.1) is 5.02 Å². The normalized spacial score (nSPS) is 9.56. The molecule has 0 heterocycles. The molecule has 3 heteroatoms. The van der Waals surface area contributed by atoms with E-state index in [9.17, 15) is 0 Å². The molecule has 0 aromatic heterocycles. The number of phenolic OH excluding ortho intramolecular Hbond substituents is 1. The summed E-state index contributed by atoms with van der Waals surface area (Å²) in [6, 6.07) is 5.01. The quantitative estimate of drug-likeness (QED) is 0.694. The lowest BCUT2D eigenvalue weighted by Gasteiger charge is -1.95. The molecule has 0 saturated carbocycles. The molecule has 1 aromatic carbocycles. The third-order valence-electron chi connectivity index (χ3n) is 0.931. The molecule has 0 fully saturated rings. The SMILES string of the molecule is Oc1cccc(Br)c1Cl. The first-order chi connectivity index (χ1) is 4.22. The van der Waals surface area contributed by atoms with Crippen LogP contribution in [0.5, 0.6) is 5.75 Å². The summed E-state index contributed by atoms with van der Waals surface area (Å²) >= 11 is 8.73. The van der Waals surface area contributed by atoms with Gasteiger partial charge in [0.15, 0.2) is 0 Å². The Bertz CT molecular complexity index is 204. The Hall–Kier alpha value is -0.210. The van der Waals surface area contributed by atoms with E-state index in [1.54, 1.807) is 12.1 Å². The monoisotopic (exact) mass is 206 g/mol. The summed E-state index contributed by atoms with van der Waals surface area (Å²) in [5.74, 6) is 0.103. The first kappa shape index (κ1) is 6.90. The first-order valence-electron chi connectivity index (χ1n) is 2.35. The Balaban J connectivity index is 3.25. The average molecular weight is 207 g/mol. The number of halogens is 2. The van der Waals surface area contributed by atoms with Gasteiger partial charge in [0.1, 0.15) is 5.75 Å². The number of rotatable bonds is 0. The highest BCUT2D eigenvalue weighted by atomic mass is 79.9. The average Bonchev–Trinajstić information content (AvgIpc) is 1.83. The van der Waals surface area contributed by atoms with E-state index in [1.807, 2.05) is 0 Å². The van der Waals surface area contributed by atoms with Gasteiger partial charge in [0.2, 0.25) is 0 Å². The van der Waals surface area contributed by atoms with Crippen molar-refractivity contribution in [1.29, 1.82) is 0 Å². The van der Waals surface area contributed by atoms with E-state index in [1.165, 1.54) is 6.07 Å². The van der Waals surface area contributed by atoms with E-state index in [0.29, 0.717) is 9.50 Å². The number of benzene rings is 1. The topological polar surface area (TPSA) is 20.2 Å². The molecular formula is C6H4BrClO. The molecule has 48 valence electrons. The maximum atomic E-state index is 8.94. The maximum absolute atomic E-state index is 8.94. The van der Waals surface area contributed by atoms with Gasteiger partial charge in [-0.25, -0.2) is 0 Å². The lowest BCUT2D eigenvalue weighted by molar-refractivity contribution is 0.475. The Kier molecular flexibility index (Phi) is 1.98. The van der Waals surface area contributed by atoms with Crippen molar-refractivity contribution in [2.75, 3.05) is 0 Å². The molecule has 0 spiro atoms. The number of phenols is 1. The van der Waals surface area contributed by atoms with Crippen molar-refractivity contribution in [3.63, 3.8) is 0 Å². The second-order valence-corrected chi connectivity index (χ2v) is 2.81. The molecule has 0 aliphatic heterocycles. The van der Waals surface area contributed by atoms with Gasteiger partial charge >= 0.3 is 0 Å². The van der Waals surface area contributed by atoms with Gasteiger partial charge in [0, 0.05) is 4.47 Å². The largest absolute Gasteiger partial charge is 0.506 e. The summed E-state index contributed by atoms with van der Waals surface area (Å²) in [6.45, 7) is 0. The zero-order valence-corrected chi connectivity index (χ0v) is 6.78. The first-order valence-corrected chi connectivity index (χ1v) is 3.52. The maximum Gasteiger partial charge on any atom is 0.135 e. The van der Waals surface area contributed by atoms with E-state index < -0.39 is 0 Å². The van der Waals surface area contributed by atoms with Crippen molar-refractivity contribution >= 4 is 27.5 Å². The molecule has 0 saturated heterocycles. The minimum atomic E-state index is 0.103. The molecule has 0 aliphatic rings. The van der Waals surface area contributed by atoms with Gasteiger partial charge in [-0.1, -0.05) is 17.7 Å². The van der Waals surface area contributed by atoms with Crippen LogP contribution in [0, 0.1) is 0 Å². The lowest BCUT2D eigenvalue weighted by Crippen LogP contribution is -1.68. The number of hydrogen-bond acceptors (Lipinski definition) is 1. The highest BCUT2D eigenvalue weighted by Crippen LogP contribution is 2.30. The molecule has 1 nitrogen and oxygen atoms in total. The molecule has 0 unspecified atom stereocenters. The summed E-state index contributed by atoms with van der Waals surface area (Å²) in [7, 11) is 0. The second kappa shape index (κ2) is 2.58. The third-order valence-corrected chi connectivity index (χ3v) is 2.22. The fraction of sp³-hybridized carbons (Fsp3) is 0. The molecule has 0 amide bonds. The molecule has 0 radical (unpaired) electrons. The fourth-order valence-corrected chi connectivity index (χ4v) is 0.974. The van der Waals surface area contributed by atoms with Gasteiger partial charge in [-0.3, -0.25) is 0 Å². The smallest absolute Gasteiger partial charge is 0.135 e. The van der Waals surface area contributed by atoms with Crippen molar-refractivity contribution in [2.24, 2.45) is 0 Å². The van der Waals surface area contributed by atoms with Crippen LogP contribution in [0.15, 0.2) is 22.7 Å². The van der Waals surface area contributed by atoms with E-state index in [-0.39, 0.29) is 5.75 Å². The summed E-state index contributed by atoms with van der Waals surface area (Å²) in [5.41, 5.74) is 0. The molecule has 9 heavy (non-hydrogen) atoms. The summed E-state index contributed by atoms with van der Waals surface area (Å²) in [4.78, 5) is 0. The molecule has 1 aromatic rings. The van der Waals surface area contributed by atoms with Crippen LogP contribution in [0.1, 0.15) is 0 Å².